The van der Waals surface area contributed by atoms with Crippen LogP contribution < -0.4 is 5.32 Å². The van der Waals surface area contributed by atoms with Gasteiger partial charge in [-0.2, -0.15) is 0 Å². The van der Waals surface area contributed by atoms with Crippen molar-refractivity contribution in [3.63, 3.8) is 0 Å². The fourth-order valence-electron chi connectivity index (χ4n) is 1.54. The third-order valence-electron chi connectivity index (χ3n) is 2.34. The van der Waals surface area contributed by atoms with Gasteiger partial charge in [-0.1, -0.05) is 17.7 Å². The lowest BCUT2D eigenvalue weighted by Gasteiger charge is -2.08. The van der Waals surface area contributed by atoms with Crippen LogP contribution >= 0.6 is 11.6 Å². The number of hydrogen-bond acceptors (Lipinski definition) is 2. The van der Waals surface area contributed by atoms with E-state index in [1.807, 2.05) is 13.0 Å². The first-order valence-electron chi connectivity index (χ1n) is 5.24. The molecule has 0 bridgehead atoms. The zero-order valence-electron chi connectivity index (χ0n) is 9.37. The van der Waals surface area contributed by atoms with Crippen molar-refractivity contribution in [1.82, 2.24) is 4.98 Å². The lowest BCUT2D eigenvalue weighted by molar-refractivity contribution is 0.630. The van der Waals surface area contributed by atoms with Gasteiger partial charge in [-0.15, -0.1) is 0 Å². The fourth-order valence-corrected chi connectivity index (χ4v) is 1.72. The zero-order valence-corrected chi connectivity index (χ0v) is 10.1. The first kappa shape index (κ1) is 11.9. The van der Waals surface area contributed by atoms with E-state index in [2.05, 4.69) is 10.3 Å². The molecule has 0 atom stereocenters. The van der Waals surface area contributed by atoms with Gasteiger partial charge in [-0.3, -0.25) is 4.98 Å². The second-order valence-electron chi connectivity index (χ2n) is 3.85. The minimum atomic E-state index is -0.310. The highest BCUT2D eigenvalue weighted by molar-refractivity contribution is 6.30. The molecule has 1 N–H and O–H groups in total. The largest absolute Gasteiger partial charge is 0.378 e. The quantitative estimate of drug-likeness (QED) is 0.896. The second kappa shape index (κ2) is 5.15. The highest BCUT2D eigenvalue weighted by Crippen LogP contribution is 2.20. The van der Waals surface area contributed by atoms with Gasteiger partial charge in [0, 0.05) is 24.0 Å². The zero-order chi connectivity index (χ0) is 12.3. The van der Waals surface area contributed by atoms with Crippen LogP contribution in [-0.2, 0) is 6.54 Å². The summed E-state index contributed by atoms with van der Waals surface area (Å²) in [6.45, 7) is 2.49. The third-order valence-corrected chi connectivity index (χ3v) is 2.58. The number of rotatable bonds is 3. The van der Waals surface area contributed by atoms with Crippen LogP contribution in [0.3, 0.4) is 0 Å². The molecule has 17 heavy (non-hydrogen) atoms. The van der Waals surface area contributed by atoms with Crippen molar-refractivity contribution in [1.29, 1.82) is 0 Å². The highest BCUT2D eigenvalue weighted by atomic mass is 35.5. The van der Waals surface area contributed by atoms with Gasteiger partial charge in [-0.25, -0.2) is 4.39 Å². The van der Waals surface area contributed by atoms with Crippen molar-refractivity contribution >= 4 is 17.3 Å². The molecule has 0 saturated carbocycles. The Morgan fingerprint density at radius 2 is 2.12 bits per heavy atom. The van der Waals surface area contributed by atoms with Crippen molar-refractivity contribution < 1.29 is 4.39 Å². The minimum absolute atomic E-state index is 0.310. The molecule has 4 heteroatoms. The first-order valence-corrected chi connectivity index (χ1v) is 5.62. The summed E-state index contributed by atoms with van der Waals surface area (Å²) in [5.74, 6) is -0.310. The van der Waals surface area contributed by atoms with Gasteiger partial charge in [-0.05, 0) is 36.2 Å². The second-order valence-corrected chi connectivity index (χ2v) is 4.28. The number of anilines is 1. The maximum Gasteiger partial charge on any atom is 0.146 e. The Labute approximate surface area is 104 Å². The van der Waals surface area contributed by atoms with E-state index in [1.165, 1.54) is 12.1 Å². The lowest BCUT2D eigenvalue weighted by Crippen LogP contribution is -2.02. The predicted octanol–water partition coefficient (Wildman–Crippen LogP) is 3.79. The van der Waals surface area contributed by atoms with E-state index in [0.29, 0.717) is 17.3 Å². The van der Waals surface area contributed by atoms with Crippen LogP contribution in [0.1, 0.15) is 11.1 Å². The lowest BCUT2D eigenvalue weighted by atomic mass is 10.2. The smallest absolute Gasteiger partial charge is 0.146 e. The van der Waals surface area contributed by atoms with Crippen LogP contribution in [0.4, 0.5) is 10.1 Å². The molecule has 2 nitrogen and oxygen atoms in total. The Bertz CT molecular complexity index is 529. The molecular weight excluding hydrogens is 239 g/mol. The Kier molecular flexibility index (Phi) is 3.59. The van der Waals surface area contributed by atoms with Crippen LogP contribution in [-0.4, -0.2) is 4.98 Å². The average Bonchev–Trinajstić information content (AvgIpc) is 2.30. The molecule has 88 valence electrons. The molecule has 0 spiro atoms. The van der Waals surface area contributed by atoms with Gasteiger partial charge < -0.3 is 5.32 Å². The maximum absolute atomic E-state index is 13.4. The molecule has 2 aromatic rings. The van der Waals surface area contributed by atoms with Gasteiger partial charge in [0.2, 0.25) is 0 Å². The van der Waals surface area contributed by atoms with Gasteiger partial charge in [0.1, 0.15) is 5.82 Å². The normalized spacial score (nSPS) is 10.3. The SMILES string of the molecule is Cc1cncc(CNc2cc(Cl)ccc2F)c1. The van der Waals surface area contributed by atoms with Crippen LogP contribution in [0.15, 0.2) is 36.7 Å². The van der Waals surface area contributed by atoms with Crippen molar-refractivity contribution in [2.45, 2.75) is 13.5 Å². The van der Waals surface area contributed by atoms with Gasteiger partial charge in [0.05, 0.1) is 5.69 Å². The molecular formula is C13H12ClFN2. The first-order chi connectivity index (χ1) is 8.15. The monoisotopic (exact) mass is 250 g/mol. The van der Waals surface area contributed by atoms with E-state index in [4.69, 9.17) is 11.6 Å². The summed E-state index contributed by atoms with van der Waals surface area (Å²) in [6, 6.07) is 6.44. The summed E-state index contributed by atoms with van der Waals surface area (Å²) in [5, 5.41) is 3.51. The number of nitrogens with one attached hydrogen (secondary N) is 1. The van der Waals surface area contributed by atoms with Gasteiger partial charge in [0.25, 0.3) is 0 Å². The molecule has 0 unspecified atom stereocenters. The summed E-state index contributed by atoms with van der Waals surface area (Å²) in [4.78, 5) is 4.08. The molecule has 0 radical (unpaired) electrons. The number of benzene rings is 1. The van der Waals surface area contributed by atoms with E-state index in [9.17, 15) is 4.39 Å². The van der Waals surface area contributed by atoms with Crippen LogP contribution in [0.25, 0.3) is 0 Å². The molecule has 1 heterocycles. The minimum Gasteiger partial charge on any atom is -0.378 e. The summed E-state index contributed by atoms with van der Waals surface area (Å²) >= 11 is 5.80. The van der Waals surface area contributed by atoms with E-state index in [0.717, 1.165) is 11.1 Å². The van der Waals surface area contributed by atoms with Crippen molar-refractivity contribution in [3.8, 4) is 0 Å². The van der Waals surface area contributed by atoms with Crippen LogP contribution in [0.2, 0.25) is 5.02 Å². The molecule has 0 amide bonds. The van der Waals surface area contributed by atoms with Gasteiger partial charge >= 0.3 is 0 Å². The summed E-state index contributed by atoms with van der Waals surface area (Å²) in [7, 11) is 0. The molecule has 0 saturated heterocycles. The maximum atomic E-state index is 13.4. The number of hydrogen-bond donors (Lipinski definition) is 1. The van der Waals surface area contributed by atoms with E-state index >= 15 is 0 Å². The summed E-state index contributed by atoms with van der Waals surface area (Å²) < 4.78 is 13.4. The summed E-state index contributed by atoms with van der Waals surface area (Å²) in [6.07, 6.45) is 3.53. The number of nitrogens with zero attached hydrogens (tertiary/aromatic N) is 1. The number of pyridine rings is 1. The molecule has 2 rings (SSSR count). The molecule has 0 aliphatic rings. The number of halogens is 2. The molecule has 0 fully saturated rings. The number of aromatic nitrogens is 1. The Balaban J connectivity index is 2.09. The van der Waals surface area contributed by atoms with Crippen molar-refractivity contribution in [3.05, 3.63) is 58.6 Å². The Hall–Kier alpha value is -1.61. The average molecular weight is 251 g/mol. The molecule has 1 aromatic heterocycles. The Morgan fingerprint density at radius 3 is 2.88 bits per heavy atom. The topological polar surface area (TPSA) is 24.9 Å². The molecule has 0 aliphatic carbocycles. The molecule has 1 aromatic carbocycles. The Morgan fingerprint density at radius 1 is 1.29 bits per heavy atom. The van der Waals surface area contributed by atoms with Crippen LogP contribution in [0.5, 0.6) is 0 Å². The summed E-state index contributed by atoms with van der Waals surface area (Å²) in [5.41, 5.74) is 2.49. The number of aryl methyl sites for hydroxylation is 1. The van der Waals surface area contributed by atoms with Gasteiger partial charge in [0.15, 0.2) is 0 Å². The standard InChI is InChI=1S/C13H12ClFN2/c1-9-4-10(7-16-6-9)8-17-13-5-11(14)2-3-12(13)15/h2-7,17H,8H2,1H3. The van der Waals surface area contributed by atoms with Crippen molar-refractivity contribution in [2.24, 2.45) is 0 Å². The van der Waals surface area contributed by atoms with E-state index in [-0.39, 0.29) is 5.82 Å². The van der Waals surface area contributed by atoms with Crippen molar-refractivity contribution in [2.75, 3.05) is 5.32 Å². The fraction of sp³-hybridized carbons (Fsp3) is 0.154. The third kappa shape index (κ3) is 3.17. The molecule has 0 aliphatic heterocycles. The predicted molar refractivity (Wildman–Crippen MR) is 67.7 cm³/mol. The van der Waals surface area contributed by atoms with E-state index < -0.39 is 0 Å². The van der Waals surface area contributed by atoms with Crippen LogP contribution in [0, 0.1) is 12.7 Å². The highest BCUT2D eigenvalue weighted by Gasteiger charge is 2.02. The van der Waals surface area contributed by atoms with E-state index in [1.54, 1.807) is 18.5 Å².